The Balaban J connectivity index is 1.86. The van der Waals surface area contributed by atoms with Gasteiger partial charge < -0.3 is 80.5 Å². The van der Waals surface area contributed by atoms with Crippen molar-refractivity contribution in [1.82, 2.24) is 10.6 Å². The van der Waals surface area contributed by atoms with E-state index in [9.17, 15) is 45.3 Å². The molecule has 3 saturated heterocycles. The Labute approximate surface area is 260 Å². The number of hydrogen-bond donors (Lipinski definition) is 10. The average Bonchev–Trinajstić information content (AvgIpc) is 2.99. The van der Waals surface area contributed by atoms with Crippen LogP contribution < -0.4 is 16.4 Å². The van der Waals surface area contributed by atoms with E-state index in [-0.39, 0.29) is 6.61 Å². The number of carbonyl (C=O) groups is 2. The van der Waals surface area contributed by atoms with E-state index in [4.69, 9.17) is 34.2 Å². The van der Waals surface area contributed by atoms with Gasteiger partial charge in [0.15, 0.2) is 18.9 Å². The molecule has 0 spiro atoms. The maximum Gasteiger partial charge on any atom is 0.217 e. The largest absolute Gasteiger partial charge is 0.394 e. The number of unbranched alkanes of at least 4 members (excludes halogenated alkanes) is 2. The summed E-state index contributed by atoms with van der Waals surface area (Å²) >= 11 is 0. The molecule has 0 aromatic carbocycles. The molecule has 0 aromatic rings. The number of aliphatic hydroxyl groups excluding tert-OH is 7. The molecule has 0 saturated carbocycles. The van der Waals surface area contributed by atoms with E-state index < -0.39 is 117 Å². The molecule has 45 heavy (non-hydrogen) atoms. The standard InChI is InChI=1S/C27H49N3O15/c1-11-18(35)22(39)24(45-26-16(29-12(2)33)20(37)19(36)14(9-31)42-26)27(41-11)44-23-15(10-32)43-25(40-8-6-4-5-7-28)17(21(23)38)30-13(3)34/h11,14-27,31-32,35-39H,4-10,28H2,1-3H3,(H,29,33)(H,30,34)/t11-,14+,15+,16+,17+,18-,19+,20+,21+,22+,23-,24+,25+,26+,27-/m0/s1. The minimum Gasteiger partial charge on any atom is -0.394 e. The molecule has 3 aliphatic heterocycles. The summed E-state index contributed by atoms with van der Waals surface area (Å²) in [7, 11) is 0. The second-order valence-electron chi connectivity index (χ2n) is 11.5. The number of nitrogens with one attached hydrogen (secondary N) is 2. The predicted octanol–water partition coefficient (Wildman–Crippen LogP) is -5.10. The molecule has 0 unspecified atom stereocenters. The zero-order valence-corrected chi connectivity index (χ0v) is 25.6. The lowest BCUT2D eigenvalue weighted by molar-refractivity contribution is -0.374. The van der Waals surface area contributed by atoms with E-state index in [1.807, 2.05) is 0 Å². The highest BCUT2D eigenvalue weighted by molar-refractivity contribution is 5.73. The molecule has 262 valence electrons. The third-order valence-corrected chi connectivity index (χ3v) is 7.97. The first-order chi connectivity index (χ1) is 21.3. The van der Waals surface area contributed by atoms with Gasteiger partial charge in [0.25, 0.3) is 0 Å². The number of rotatable bonds is 14. The van der Waals surface area contributed by atoms with E-state index in [0.29, 0.717) is 13.0 Å². The lowest BCUT2D eigenvalue weighted by atomic mass is 9.95. The van der Waals surface area contributed by atoms with Crippen LogP contribution in [0.4, 0.5) is 0 Å². The van der Waals surface area contributed by atoms with Crippen molar-refractivity contribution in [2.75, 3.05) is 26.4 Å². The van der Waals surface area contributed by atoms with Crippen molar-refractivity contribution in [1.29, 1.82) is 0 Å². The summed E-state index contributed by atoms with van der Waals surface area (Å²) in [5.41, 5.74) is 5.52. The molecule has 2 amide bonds. The van der Waals surface area contributed by atoms with Gasteiger partial charge in [0, 0.05) is 20.5 Å². The summed E-state index contributed by atoms with van der Waals surface area (Å²) in [5, 5.41) is 78.8. The van der Waals surface area contributed by atoms with E-state index in [0.717, 1.165) is 19.8 Å². The van der Waals surface area contributed by atoms with Crippen LogP contribution in [0.15, 0.2) is 0 Å². The minimum atomic E-state index is -1.72. The fraction of sp³-hybridized carbons (Fsp3) is 0.926. The van der Waals surface area contributed by atoms with Gasteiger partial charge in [-0.1, -0.05) is 0 Å². The van der Waals surface area contributed by atoms with Crippen LogP contribution in [0.3, 0.4) is 0 Å². The fourth-order valence-corrected chi connectivity index (χ4v) is 5.54. The van der Waals surface area contributed by atoms with Gasteiger partial charge in [-0.25, -0.2) is 0 Å². The van der Waals surface area contributed by atoms with Crippen LogP contribution in [0.25, 0.3) is 0 Å². The Morgan fingerprint density at radius 3 is 1.84 bits per heavy atom. The summed E-state index contributed by atoms with van der Waals surface area (Å²) in [6, 6.07) is -2.56. The highest BCUT2D eigenvalue weighted by Gasteiger charge is 2.54. The summed E-state index contributed by atoms with van der Waals surface area (Å²) in [5.74, 6) is -1.14. The SMILES string of the molecule is CC(=O)N[C@H]1[C@H](OCCCCCN)O[C@H](CO)[C@H](O[C@@H]2O[C@@H](C)[C@H](O)[C@@H](O)[C@H]2O[C@H]2O[C@H](CO)[C@@H](O)[C@H](O)[C@H]2NC(C)=O)[C@@H]1O. The maximum atomic E-state index is 12.0. The minimum absolute atomic E-state index is 0.215. The monoisotopic (exact) mass is 655 g/mol. The molecule has 0 bridgehead atoms. The molecular formula is C27H49N3O15. The van der Waals surface area contributed by atoms with Crippen LogP contribution in [0.5, 0.6) is 0 Å². The first kappa shape index (κ1) is 37.8. The van der Waals surface area contributed by atoms with Crippen molar-refractivity contribution in [3.63, 3.8) is 0 Å². The van der Waals surface area contributed by atoms with Gasteiger partial charge in [-0.15, -0.1) is 0 Å². The number of aliphatic hydroxyl groups is 7. The molecule has 0 aromatic heterocycles. The van der Waals surface area contributed by atoms with Crippen LogP contribution in [0.2, 0.25) is 0 Å². The number of carbonyl (C=O) groups excluding carboxylic acids is 2. The van der Waals surface area contributed by atoms with Gasteiger partial charge in [0.05, 0.1) is 19.3 Å². The van der Waals surface area contributed by atoms with Gasteiger partial charge in [0.1, 0.15) is 67.0 Å². The molecule has 11 N–H and O–H groups in total. The van der Waals surface area contributed by atoms with Crippen LogP contribution in [0.1, 0.15) is 40.0 Å². The molecule has 15 atom stereocenters. The second-order valence-corrected chi connectivity index (χ2v) is 11.5. The van der Waals surface area contributed by atoms with E-state index in [2.05, 4.69) is 10.6 Å². The lowest BCUT2D eigenvalue weighted by Gasteiger charge is -2.49. The molecule has 3 fully saturated rings. The van der Waals surface area contributed by atoms with Gasteiger partial charge in [-0.05, 0) is 32.7 Å². The summed E-state index contributed by atoms with van der Waals surface area (Å²) in [6.45, 7) is 3.14. The van der Waals surface area contributed by atoms with Crippen molar-refractivity contribution in [2.24, 2.45) is 5.73 Å². The van der Waals surface area contributed by atoms with Crippen LogP contribution in [0, 0.1) is 0 Å². The van der Waals surface area contributed by atoms with Crippen molar-refractivity contribution in [3.05, 3.63) is 0 Å². The van der Waals surface area contributed by atoms with Crippen molar-refractivity contribution < 1.29 is 73.8 Å². The highest BCUT2D eigenvalue weighted by atomic mass is 16.8. The normalized spacial score (nSPS) is 42.2. The maximum absolute atomic E-state index is 12.0. The quantitative estimate of drug-likeness (QED) is 0.0783. The zero-order chi connectivity index (χ0) is 33.4. The van der Waals surface area contributed by atoms with Crippen molar-refractivity contribution in [2.45, 2.75) is 132 Å². The summed E-state index contributed by atoms with van der Waals surface area (Å²) in [4.78, 5) is 23.9. The molecule has 0 aliphatic carbocycles. The fourth-order valence-electron chi connectivity index (χ4n) is 5.54. The molecule has 18 nitrogen and oxygen atoms in total. The summed E-state index contributed by atoms with van der Waals surface area (Å²) < 4.78 is 35.0. The van der Waals surface area contributed by atoms with Gasteiger partial charge in [-0.3, -0.25) is 9.59 Å². The van der Waals surface area contributed by atoms with Crippen LogP contribution >= 0.6 is 0 Å². The predicted molar refractivity (Wildman–Crippen MR) is 150 cm³/mol. The van der Waals surface area contributed by atoms with E-state index in [1.54, 1.807) is 0 Å². The number of hydrogen-bond acceptors (Lipinski definition) is 16. The summed E-state index contributed by atoms with van der Waals surface area (Å²) in [6.07, 6.45) is -16.9. The molecule has 3 heterocycles. The Bertz CT molecular complexity index is 936. The van der Waals surface area contributed by atoms with Crippen molar-refractivity contribution in [3.8, 4) is 0 Å². The Morgan fingerprint density at radius 2 is 1.27 bits per heavy atom. The van der Waals surface area contributed by atoms with Crippen LogP contribution in [-0.2, 0) is 38.0 Å². The third-order valence-electron chi connectivity index (χ3n) is 7.97. The number of ether oxygens (including phenoxy) is 6. The second kappa shape index (κ2) is 17.5. The smallest absolute Gasteiger partial charge is 0.217 e. The highest BCUT2D eigenvalue weighted by Crippen LogP contribution is 2.33. The van der Waals surface area contributed by atoms with Gasteiger partial charge >= 0.3 is 0 Å². The average molecular weight is 656 g/mol. The van der Waals surface area contributed by atoms with E-state index in [1.165, 1.54) is 13.8 Å². The Kier molecular flexibility index (Phi) is 14.7. The molecule has 0 radical (unpaired) electrons. The number of nitrogens with two attached hydrogens (primary N) is 1. The van der Waals surface area contributed by atoms with Gasteiger partial charge in [0.2, 0.25) is 11.8 Å². The Morgan fingerprint density at radius 1 is 0.689 bits per heavy atom. The first-order valence-electron chi connectivity index (χ1n) is 15.1. The van der Waals surface area contributed by atoms with E-state index >= 15 is 0 Å². The molecular weight excluding hydrogens is 606 g/mol. The Hall–Kier alpha value is -1.62. The third kappa shape index (κ3) is 9.48. The topological polar surface area (TPSA) is 281 Å². The lowest BCUT2D eigenvalue weighted by Crippen LogP contribution is -2.69. The molecule has 3 aliphatic rings. The van der Waals surface area contributed by atoms with Gasteiger partial charge in [-0.2, -0.15) is 0 Å². The molecule has 18 heteroatoms. The van der Waals surface area contributed by atoms with Crippen LogP contribution in [-0.4, -0.2) is 166 Å². The molecule has 3 rings (SSSR count). The zero-order valence-electron chi connectivity index (χ0n) is 25.6. The number of amides is 2. The van der Waals surface area contributed by atoms with Crippen molar-refractivity contribution >= 4 is 11.8 Å². The first-order valence-corrected chi connectivity index (χ1v) is 15.1.